The molecule has 0 saturated carbocycles. The SMILES string of the molecule is C=CCC(N)C(=O)Nc1ccc(OC)cc1. The summed E-state index contributed by atoms with van der Waals surface area (Å²) in [5.41, 5.74) is 6.32. The van der Waals surface area contributed by atoms with Crippen molar-refractivity contribution in [2.24, 2.45) is 5.73 Å². The third-order valence-corrected chi connectivity index (χ3v) is 2.11. The Hall–Kier alpha value is -1.81. The van der Waals surface area contributed by atoms with Gasteiger partial charge in [-0.2, -0.15) is 0 Å². The first-order valence-electron chi connectivity index (χ1n) is 4.98. The lowest BCUT2D eigenvalue weighted by molar-refractivity contribution is -0.117. The highest BCUT2D eigenvalue weighted by molar-refractivity contribution is 5.94. The molecule has 0 saturated heterocycles. The Balaban J connectivity index is 2.58. The standard InChI is InChI=1S/C12H16N2O2/c1-3-4-11(13)12(15)14-9-5-7-10(16-2)8-6-9/h3,5-8,11H,1,4,13H2,2H3,(H,14,15). The van der Waals surface area contributed by atoms with E-state index >= 15 is 0 Å². The molecule has 1 aromatic rings. The van der Waals surface area contributed by atoms with E-state index in [0.29, 0.717) is 12.1 Å². The first-order valence-corrected chi connectivity index (χ1v) is 4.98. The fourth-order valence-corrected chi connectivity index (χ4v) is 1.20. The van der Waals surface area contributed by atoms with Gasteiger partial charge in [0.1, 0.15) is 5.75 Å². The molecule has 0 aromatic heterocycles. The Morgan fingerprint density at radius 3 is 2.69 bits per heavy atom. The van der Waals surface area contributed by atoms with Crippen LogP contribution in [0.1, 0.15) is 6.42 Å². The number of ether oxygens (including phenoxy) is 1. The van der Waals surface area contributed by atoms with Crippen LogP contribution in [0.25, 0.3) is 0 Å². The lowest BCUT2D eigenvalue weighted by atomic mass is 10.2. The molecule has 4 nitrogen and oxygen atoms in total. The number of methoxy groups -OCH3 is 1. The topological polar surface area (TPSA) is 64.4 Å². The second-order valence-corrected chi connectivity index (χ2v) is 3.35. The zero-order valence-corrected chi connectivity index (χ0v) is 9.27. The van der Waals surface area contributed by atoms with Gasteiger partial charge in [0.05, 0.1) is 13.2 Å². The van der Waals surface area contributed by atoms with E-state index in [1.54, 1.807) is 37.5 Å². The Morgan fingerprint density at radius 2 is 2.19 bits per heavy atom. The number of carbonyl (C=O) groups is 1. The van der Waals surface area contributed by atoms with E-state index in [2.05, 4.69) is 11.9 Å². The first kappa shape index (κ1) is 12.3. The molecule has 86 valence electrons. The molecule has 1 rings (SSSR count). The first-order chi connectivity index (χ1) is 7.67. The van der Waals surface area contributed by atoms with Crippen LogP contribution in [0, 0.1) is 0 Å². The molecule has 3 N–H and O–H groups in total. The minimum absolute atomic E-state index is 0.218. The van der Waals surface area contributed by atoms with Crippen molar-refractivity contribution in [1.82, 2.24) is 0 Å². The summed E-state index contributed by atoms with van der Waals surface area (Å²) in [6.45, 7) is 3.54. The predicted octanol–water partition coefficient (Wildman–Crippen LogP) is 1.54. The molecule has 16 heavy (non-hydrogen) atoms. The second kappa shape index (κ2) is 5.92. The van der Waals surface area contributed by atoms with Gasteiger partial charge in [-0.3, -0.25) is 4.79 Å². The number of anilines is 1. The van der Waals surface area contributed by atoms with E-state index in [-0.39, 0.29) is 5.91 Å². The van der Waals surface area contributed by atoms with E-state index in [1.807, 2.05) is 0 Å². The van der Waals surface area contributed by atoms with Gasteiger partial charge in [-0.05, 0) is 30.7 Å². The van der Waals surface area contributed by atoms with Crippen LogP contribution in [0.15, 0.2) is 36.9 Å². The van der Waals surface area contributed by atoms with Crippen molar-refractivity contribution in [2.45, 2.75) is 12.5 Å². The average molecular weight is 220 g/mol. The number of nitrogens with one attached hydrogen (secondary N) is 1. The van der Waals surface area contributed by atoms with Crippen LogP contribution < -0.4 is 15.8 Å². The van der Waals surface area contributed by atoms with E-state index in [9.17, 15) is 4.79 Å². The Bertz CT molecular complexity index is 360. The van der Waals surface area contributed by atoms with E-state index < -0.39 is 6.04 Å². The summed E-state index contributed by atoms with van der Waals surface area (Å²) in [4.78, 5) is 11.5. The van der Waals surface area contributed by atoms with Crippen molar-refractivity contribution >= 4 is 11.6 Å². The summed E-state index contributed by atoms with van der Waals surface area (Å²) < 4.78 is 5.01. The van der Waals surface area contributed by atoms with Crippen molar-refractivity contribution in [3.63, 3.8) is 0 Å². The van der Waals surface area contributed by atoms with Crippen LogP contribution in [-0.2, 0) is 4.79 Å². The van der Waals surface area contributed by atoms with E-state index in [0.717, 1.165) is 5.75 Å². The van der Waals surface area contributed by atoms with Crippen LogP contribution in [0.3, 0.4) is 0 Å². The van der Waals surface area contributed by atoms with Gasteiger partial charge >= 0.3 is 0 Å². The maximum atomic E-state index is 11.5. The molecule has 1 aromatic carbocycles. The lowest BCUT2D eigenvalue weighted by Gasteiger charge is -2.10. The zero-order chi connectivity index (χ0) is 12.0. The summed E-state index contributed by atoms with van der Waals surface area (Å²) in [6.07, 6.45) is 2.08. The summed E-state index contributed by atoms with van der Waals surface area (Å²) >= 11 is 0. The molecule has 4 heteroatoms. The predicted molar refractivity (Wildman–Crippen MR) is 64.4 cm³/mol. The summed E-state index contributed by atoms with van der Waals surface area (Å²) in [5.74, 6) is 0.526. The van der Waals surface area contributed by atoms with Crippen molar-refractivity contribution in [3.05, 3.63) is 36.9 Å². The van der Waals surface area contributed by atoms with Crippen molar-refractivity contribution in [3.8, 4) is 5.75 Å². The van der Waals surface area contributed by atoms with Crippen molar-refractivity contribution in [2.75, 3.05) is 12.4 Å². The molecule has 0 aliphatic rings. The maximum Gasteiger partial charge on any atom is 0.241 e. The van der Waals surface area contributed by atoms with Gasteiger partial charge in [0, 0.05) is 5.69 Å². The van der Waals surface area contributed by atoms with E-state index in [1.165, 1.54) is 0 Å². The number of nitrogens with two attached hydrogens (primary N) is 1. The van der Waals surface area contributed by atoms with Gasteiger partial charge < -0.3 is 15.8 Å². The number of carbonyl (C=O) groups excluding carboxylic acids is 1. The Kier molecular flexibility index (Phi) is 4.54. The summed E-state index contributed by atoms with van der Waals surface area (Å²) in [5, 5.41) is 2.71. The van der Waals surface area contributed by atoms with Crippen LogP contribution in [0.4, 0.5) is 5.69 Å². The zero-order valence-electron chi connectivity index (χ0n) is 9.27. The number of benzene rings is 1. The van der Waals surface area contributed by atoms with Crippen LogP contribution in [0.2, 0.25) is 0 Å². The molecule has 0 fully saturated rings. The molecule has 0 heterocycles. The maximum absolute atomic E-state index is 11.5. The molecular formula is C12H16N2O2. The van der Waals surface area contributed by atoms with Gasteiger partial charge in [0.15, 0.2) is 0 Å². The molecule has 0 aliphatic heterocycles. The monoisotopic (exact) mass is 220 g/mol. The second-order valence-electron chi connectivity index (χ2n) is 3.35. The van der Waals surface area contributed by atoms with Gasteiger partial charge in [-0.1, -0.05) is 6.08 Å². The number of hydrogen-bond acceptors (Lipinski definition) is 3. The largest absolute Gasteiger partial charge is 0.497 e. The average Bonchev–Trinajstić information content (AvgIpc) is 2.30. The Morgan fingerprint density at radius 1 is 1.56 bits per heavy atom. The summed E-state index contributed by atoms with van der Waals surface area (Å²) in [6, 6.07) is 6.51. The minimum atomic E-state index is -0.556. The van der Waals surface area contributed by atoms with Gasteiger partial charge in [0.2, 0.25) is 5.91 Å². The van der Waals surface area contributed by atoms with Crippen molar-refractivity contribution in [1.29, 1.82) is 0 Å². The molecule has 1 amide bonds. The highest BCUT2D eigenvalue weighted by Crippen LogP contribution is 2.15. The van der Waals surface area contributed by atoms with Crippen LogP contribution in [-0.4, -0.2) is 19.1 Å². The molecule has 0 aliphatic carbocycles. The van der Waals surface area contributed by atoms with Crippen molar-refractivity contribution < 1.29 is 9.53 Å². The van der Waals surface area contributed by atoms with Gasteiger partial charge in [-0.15, -0.1) is 6.58 Å². The smallest absolute Gasteiger partial charge is 0.241 e. The molecule has 0 spiro atoms. The number of amides is 1. The number of hydrogen-bond donors (Lipinski definition) is 2. The summed E-state index contributed by atoms with van der Waals surface area (Å²) in [7, 11) is 1.59. The fraction of sp³-hybridized carbons (Fsp3) is 0.250. The highest BCUT2D eigenvalue weighted by atomic mass is 16.5. The third-order valence-electron chi connectivity index (χ3n) is 2.11. The molecule has 0 radical (unpaired) electrons. The van der Waals surface area contributed by atoms with Crippen LogP contribution in [0.5, 0.6) is 5.75 Å². The molecule has 1 atom stereocenters. The molecular weight excluding hydrogens is 204 g/mol. The minimum Gasteiger partial charge on any atom is -0.497 e. The van der Waals surface area contributed by atoms with Gasteiger partial charge in [0.25, 0.3) is 0 Å². The quantitative estimate of drug-likeness (QED) is 0.740. The highest BCUT2D eigenvalue weighted by Gasteiger charge is 2.11. The van der Waals surface area contributed by atoms with Gasteiger partial charge in [-0.25, -0.2) is 0 Å². The van der Waals surface area contributed by atoms with E-state index in [4.69, 9.17) is 10.5 Å². The number of rotatable bonds is 5. The van der Waals surface area contributed by atoms with Crippen LogP contribution >= 0.6 is 0 Å². The normalized spacial score (nSPS) is 11.6. The Labute approximate surface area is 95.1 Å². The fourth-order valence-electron chi connectivity index (χ4n) is 1.20. The molecule has 0 bridgehead atoms. The third kappa shape index (κ3) is 3.40. The molecule has 1 unspecified atom stereocenters. The lowest BCUT2D eigenvalue weighted by Crippen LogP contribution is -2.34.